The van der Waals surface area contributed by atoms with Crippen molar-refractivity contribution in [3.8, 4) is 0 Å². The smallest absolute Gasteiger partial charge is 0.305 e. The van der Waals surface area contributed by atoms with Crippen molar-refractivity contribution >= 4 is 5.97 Å². The van der Waals surface area contributed by atoms with Crippen molar-refractivity contribution in [1.29, 1.82) is 0 Å². The Balaban J connectivity index is 1.27. The van der Waals surface area contributed by atoms with Crippen molar-refractivity contribution in [3.63, 3.8) is 0 Å². The SMILES string of the molecule is CCCCCCCCCCCC(=O)OCCOCCOCCOC1CCC(C2CCCCC2)CC1. The van der Waals surface area contributed by atoms with Gasteiger partial charge < -0.3 is 18.9 Å². The fraction of sp³-hybridized carbons (Fsp3) is 0.967. The van der Waals surface area contributed by atoms with Crippen molar-refractivity contribution in [2.24, 2.45) is 11.8 Å². The summed E-state index contributed by atoms with van der Waals surface area (Å²) >= 11 is 0. The molecule has 2 saturated carbocycles. The van der Waals surface area contributed by atoms with Crippen LogP contribution in [0, 0.1) is 11.8 Å². The number of rotatable bonds is 21. The molecular weight excluding hydrogens is 440 g/mol. The van der Waals surface area contributed by atoms with Gasteiger partial charge in [-0.3, -0.25) is 4.79 Å². The molecule has 0 saturated heterocycles. The van der Waals surface area contributed by atoms with Crippen LogP contribution in [0.2, 0.25) is 0 Å². The van der Waals surface area contributed by atoms with Gasteiger partial charge in [0.15, 0.2) is 0 Å². The zero-order chi connectivity index (χ0) is 24.8. The summed E-state index contributed by atoms with van der Waals surface area (Å²) < 4.78 is 22.4. The van der Waals surface area contributed by atoms with E-state index in [4.69, 9.17) is 18.9 Å². The second-order valence-electron chi connectivity index (χ2n) is 10.8. The van der Waals surface area contributed by atoms with Gasteiger partial charge in [-0.15, -0.1) is 0 Å². The maximum absolute atomic E-state index is 11.8. The lowest BCUT2D eigenvalue weighted by Crippen LogP contribution is -2.28. The average Bonchev–Trinajstić information content (AvgIpc) is 2.89. The van der Waals surface area contributed by atoms with Crippen molar-refractivity contribution < 1.29 is 23.7 Å². The topological polar surface area (TPSA) is 54.0 Å². The largest absolute Gasteiger partial charge is 0.463 e. The summed E-state index contributed by atoms with van der Waals surface area (Å²) in [6.07, 6.45) is 24.7. The quantitative estimate of drug-likeness (QED) is 0.121. The van der Waals surface area contributed by atoms with Gasteiger partial charge in [0.1, 0.15) is 6.61 Å². The monoisotopic (exact) mass is 496 g/mol. The highest BCUT2D eigenvalue weighted by molar-refractivity contribution is 5.69. The van der Waals surface area contributed by atoms with Gasteiger partial charge in [0.05, 0.1) is 39.1 Å². The number of ether oxygens (including phenoxy) is 4. The van der Waals surface area contributed by atoms with E-state index >= 15 is 0 Å². The number of carbonyl (C=O) groups is 1. The Morgan fingerprint density at radius 2 is 1.14 bits per heavy atom. The molecule has 0 aliphatic heterocycles. The van der Waals surface area contributed by atoms with Crippen LogP contribution in [0.3, 0.4) is 0 Å². The van der Waals surface area contributed by atoms with E-state index in [1.54, 1.807) is 0 Å². The van der Waals surface area contributed by atoms with Crippen LogP contribution >= 0.6 is 0 Å². The van der Waals surface area contributed by atoms with E-state index in [9.17, 15) is 4.79 Å². The third-order valence-corrected chi connectivity index (χ3v) is 7.96. The third kappa shape index (κ3) is 15.9. The molecule has 0 radical (unpaired) electrons. The lowest BCUT2D eigenvalue weighted by molar-refractivity contribution is -0.145. The highest BCUT2D eigenvalue weighted by atomic mass is 16.6. The minimum absolute atomic E-state index is 0.0993. The van der Waals surface area contributed by atoms with Gasteiger partial charge in [0, 0.05) is 6.42 Å². The second-order valence-corrected chi connectivity index (χ2v) is 10.8. The van der Waals surface area contributed by atoms with Crippen LogP contribution in [0.25, 0.3) is 0 Å². The summed E-state index contributed by atoms with van der Waals surface area (Å²) in [5.41, 5.74) is 0. The Morgan fingerprint density at radius 3 is 1.80 bits per heavy atom. The summed E-state index contributed by atoms with van der Waals surface area (Å²) in [5, 5.41) is 0. The molecule has 5 nitrogen and oxygen atoms in total. The van der Waals surface area contributed by atoms with Gasteiger partial charge in [0.2, 0.25) is 0 Å². The Hall–Kier alpha value is -0.650. The standard InChI is InChI=1S/C30H56O5/c1-2-3-4-5-6-7-8-9-13-16-30(31)35-26-24-33-22-21-32-23-25-34-29-19-17-28(18-20-29)27-14-11-10-12-15-27/h27-29H,2-26H2,1H3. The van der Waals surface area contributed by atoms with Crippen LogP contribution in [-0.4, -0.2) is 51.7 Å². The first-order valence-corrected chi connectivity index (χ1v) is 15.2. The summed E-state index contributed by atoms with van der Waals surface area (Å²) in [6.45, 7) is 5.41. The van der Waals surface area contributed by atoms with E-state index in [1.807, 2.05) is 0 Å². The number of hydrogen-bond donors (Lipinski definition) is 0. The van der Waals surface area contributed by atoms with E-state index in [1.165, 1.54) is 103 Å². The molecule has 5 heteroatoms. The third-order valence-electron chi connectivity index (χ3n) is 7.96. The molecule has 2 rings (SSSR count). The van der Waals surface area contributed by atoms with Gasteiger partial charge in [-0.05, 0) is 43.9 Å². The predicted molar refractivity (Wildman–Crippen MR) is 143 cm³/mol. The van der Waals surface area contributed by atoms with Crippen molar-refractivity contribution in [2.75, 3.05) is 39.6 Å². The fourth-order valence-corrected chi connectivity index (χ4v) is 5.79. The molecule has 0 aromatic heterocycles. The average molecular weight is 497 g/mol. The number of esters is 1. The predicted octanol–water partition coefficient (Wildman–Crippen LogP) is 7.64. The van der Waals surface area contributed by atoms with Crippen molar-refractivity contribution in [1.82, 2.24) is 0 Å². The number of carbonyl (C=O) groups excluding carboxylic acids is 1. The number of unbranched alkanes of at least 4 members (excludes halogenated alkanes) is 8. The van der Waals surface area contributed by atoms with Gasteiger partial charge in [-0.2, -0.15) is 0 Å². The lowest BCUT2D eigenvalue weighted by atomic mass is 9.73. The molecule has 0 atom stereocenters. The Morgan fingerprint density at radius 1 is 0.600 bits per heavy atom. The molecular formula is C30H56O5. The van der Waals surface area contributed by atoms with Crippen molar-refractivity contribution in [3.05, 3.63) is 0 Å². The maximum atomic E-state index is 11.8. The summed E-state index contributed by atoms with van der Waals surface area (Å²) in [7, 11) is 0. The molecule has 35 heavy (non-hydrogen) atoms. The molecule has 0 aromatic rings. The molecule has 2 aliphatic carbocycles. The van der Waals surface area contributed by atoms with E-state index < -0.39 is 0 Å². The number of hydrogen-bond acceptors (Lipinski definition) is 5. The lowest BCUT2D eigenvalue weighted by Gasteiger charge is -2.35. The molecule has 0 aromatic carbocycles. The highest BCUT2D eigenvalue weighted by Gasteiger charge is 2.28. The van der Waals surface area contributed by atoms with E-state index in [0.717, 1.165) is 24.7 Å². The summed E-state index contributed by atoms with van der Waals surface area (Å²) in [4.78, 5) is 11.8. The molecule has 0 N–H and O–H groups in total. The molecule has 0 amide bonds. The molecule has 0 bridgehead atoms. The van der Waals surface area contributed by atoms with Crippen LogP contribution in [0.5, 0.6) is 0 Å². The van der Waals surface area contributed by atoms with Gasteiger partial charge in [-0.25, -0.2) is 0 Å². The molecule has 0 heterocycles. The first-order valence-electron chi connectivity index (χ1n) is 15.2. The molecule has 2 fully saturated rings. The molecule has 0 spiro atoms. The highest BCUT2D eigenvalue weighted by Crippen LogP contribution is 2.38. The van der Waals surface area contributed by atoms with Crippen LogP contribution in [0.15, 0.2) is 0 Å². The van der Waals surface area contributed by atoms with E-state index in [0.29, 0.717) is 52.2 Å². The van der Waals surface area contributed by atoms with Crippen LogP contribution in [0.4, 0.5) is 0 Å². The Bertz CT molecular complexity index is 483. The first-order chi connectivity index (χ1) is 17.3. The normalized spacial score (nSPS) is 21.3. The molecule has 2 aliphatic rings. The minimum Gasteiger partial charge on any atom is -0.463 e. The van der Waals surface area contributed by atoms with Crippen LogP contribution < -0.4 is 0 Å². The summed E-state index contributed by atoms with van der Waals surface area (Å²) in [5.74, 6) is 1.85. The van der Waals surface area contributed by atoms with Gasteiger partial charge in [0.25, 0.3) is 0 Å². The second kappa shape index (κ2) is 21.4. The van der Waals surface area contributed by atoms with Gasteiger partial charge in [-0.1, -0.05) is 90.4 Å². The Kier molecular flexibility index (Phi) is 18.7. The van der Waals surface area contributed by atoms with Crippen molar-refractivity contribution in [2.45, 2.75) is 135 Å². The van der Waals surface area contributed by atoms with Crippen LogP contribution in [-0.2, 0) is 23.7 Å². The van der Waals surface area contributed by atoms with E-state index in [2.05, 4.69) is 6.92 Å². The molecule has 0 unspecified atom stereocenters. The zero-order valence-corrected chi connectivity index (χ0v) is 23.0. The van der Waals surface area contributed by atoms with Crippen LogP contribution in [0.1, 0.15) is 129 Å². The van der Waals surface area contributed by atoms with Gasteiger partial charge >= 0.3 is 5.97 Å². The first kappa shape index (κ1) is 30.6. The maximum Gasteiger partial charge on any atom is 0.305 e. The zero-order valence-electron chi connectivity index (χ0n) is 23.0. The summed E-state index contributed by atoms with van der Waals surface area (Å²) in [6, 6.07) is 0. The fourth-order valence-electron chi connectivity index (χ4n) is 5.79. The minimum atomic E-state index is -0.0993. The Labute approximate surface area is 216 Å². The van der Waals surface area contributed by atoms with E-state index in [-0.39, 0.29) is 5.97 Å². The molecule has 206 valence electrons.